The number of rotatable bonds is 4. The minimum absolute atomic E-state index is 0.0610. The zero-order valence-electron chi connectivity index (χ0n) is 25.8. The number of fused-ring (bicyclic) bond motifs is 4. The van der Waals surface area contributed by atoms with Crippen LogP contribution >= 0.6 is 0 Å². The molecule has 1 aliphatic carbocycles. The summed E-state index contributed by atoms with van der Waals surface area (Å²) in [5.41, 5.74) is 12.9. The lowest BCUT2D eigenvalue weighted by Gasteiger charge is -2.44. The molecule has 0 bridgehead atoms. The highest BCUT2D eigenvalue weighted by atomic mass is 16.5. The molecule has 230 valence electrons. The van der Waals surface area contributed by atoms with Gasteiger partial charge in [0.15, 0.2) is 5.78 Å². The number of carbonyl (C=O) groups excluding carboxylic acids is 1. The molecular formula is C35H42N6O3. The number of aromatic amines is 1. The number of aromatic nitrogens is 1. The quantitative estimate of drug-likeness (QED) is 0.352. The van der Waals surface area contributed by atoms with Gasteiger partial charge in [-0.25, -0.2) is 0 Å². The summed E-state index contributed by atoms with van der Waals surface area (Å²) in [5.74, 6) is 7.12. The van der Waals surface area contributed by atoms with Crippen molar-refractivity contribution in [2.75, 3.05) is 96.0 Å². The van der Waals surface area contributed by atoms with Crippen molar-refractivity contribution in [1.82, 2.24) is 19.7 Å². The summed E-state index contributed by atoms with van der Waals surface area (Å²) < 4.78 is 10.9. The summed E-state index contributed by atoms with van der Waals surface area (Å²) in [6, 6.07) is 11.3. The summed E-state index contributed by atoms with van der Waals surface area (Å²) in [4.78, 5) is 27.8. The molecular weight excluding hydrogens is 552 g/mol. The molecule has 4 aliphatic heterocycles. The minimum Gasteiger partial charge on any atom is -0.399 e. The van der Waals surface area contributed by atoms with Crippen molar-refractivity contribution in [2.24, 2.45) is 0 Å². The van der Waals surface area contributed by atoms with Gasteiger partial charge in [-0.1, -0.05) is 31.8 Å². The van der Waals surface area contributed by atoms with E-state index >= 15 is 0 Å². The summed E-state index contributed by atoms with van der Waals surface area (Å²) >= 11 is 0. The molecule has 5 heterocycles. The summed E-state index contributed by atoms with van der Waals surface area (Å²) in [6.45, 7) is 16.6. The van der Waals surface area contributed by atoms with Crippen LogP contribution < -0.4 is 10.6 Å². The molecule has 0 radical (unpaired) electrons. The van der Waals surface area contributed by atoms with Crippen LogP contribution in [-0.4, -0.2) is 123 Å². The van der Waals surface area contributed by atoms with Gasteiger partial charge < -0.3 is 25.1 Å². The van der Waals surface area contributed by atoms with Gasteiger partial charge in [0, 0.05) is 91.2 Å². The van der Waals surface area contributed by atoms with E-state index in [9.17, 15) is 4.79 Å². The van der Waals surface area contributed by atoms with E-state index < -0.39 is 0 Å². The summed E-state index contributed by atoms with van der Waals surface area (Å²) in [6.07, 6.45) is 0. The molecule has 9 heteroatoms. The number of hydrogen-bond acceptors (Lipinski definition) is 8. The molecule has 0 atom stereocenters. The Kier molecular flexibility index (Phi) is 6.96. The van der Waals surface area contributed by atoms with E-state index in [4.69, 9.17) is 15.2 Å². The number of piperazine rings is 2. The van der Waals surface area contributed by atoms with Crippen LogP contribution in [0.15, 0.2) is 30.3 Å². The predicted octanol–water partition coefficient (Wildman–Crippen LogP) is 2.51. The third-order valence-electron chi connectivity index (χ3n) is 10.6. The van der Waals surface area contributed by atoms with Crippen LogP contribution in [0, 0.1) is 11.8 Å². The second-order valence-corrected chi connectivity index (χ2v) is 13.6. The Morgan fingerprint density at radius 2 is 1.57 bits per heavy atom. The van der Waals surface area contributed by atoms with Crippen LogP contribution in [0.4, 0.5) is 11.4 Å². The number of ketones is 1. The van der Waals surface area contributed by atoms with Crippen LogP contribution in [0.5, 0.6) is 0 Å². The summed E-state index contributed by atoms with van der Waals surface area (Å²) in [5, 5.41) is 0.929. The molecule has 4 saturated heterocycles. The van der Waals surface area contributed by atoms with Crippen LogP contribution in [0.25, 0.3) is 10.9 Å². The van der Waals surface area contributed by atoms with Crippen molar-refractivity contribution in [1.29, 1.82) is 0 Å². The minimum atomic E-state index is -0.386. The molecule has 0 saturated carbocycles. The second-order valence-electron chi connectivity index (χ2n) is 13.6. The normalized spacial score (nSPS) is 23.0. The first-order chi connectivity index (χ1) is 21.4. The topological polar surface area (TPSA) is 90.3 Å². The van der Waals surface area contributed by atoms with E-state index in [0.717, 1.165) is 130 Å². The number of nitrogen functional groups attached to an aromatic ring is 1. The van der Waals surface area contributed by atoms with Gasteiger partial charge >= 0.3 is 0 Å². The fourth-order valence-corrected chi connectivity index (χ4v) is 7.57. The number of nitrogens with zero attached hydrogens (tertiary/aromatic N) is 4. The lowest BCUT2D eigenvalue weighted by Crippen LogP contribution is -2.56. The second kappa shape index (κ2) is 10.9. The van der Waals surface area contributed by atoms with Crippen molar-refractivity contribution < 1.29 is 14.3 Å². The average molecular weight is 595 g/mol. The highest BCUT2D eigenvalue weighted by Crippen LogP contribution is 2.45. The first kappa shape index (κ1) is 28.1. The third-order valence-corrected chi connectivity index (χ3v) is 10.6. The van der Waals surface area contributed by atoms with E-state index in [1.165, 1.54) is 0 Å². The van der Waals surface area contributed by atoms with Crippen molar-refractivity contribution in [3.8, 4) is 11.8 Å². The molecule has 3 N–H and O–H groups in total. The van der Waals surface area contributed by atoms with Crippen molar-refractivity contribution in [3.63, 3.8) is 0 Å². The van der Waals surface area contributed by atoms with Gasteiger partial charge in [0.25, 0.3) is 0 Å². The zero-order chi connectivity index (χ0) is 30.0. The van der Waals surface area contributed by atoms with E-state index in [-0.39, 0.29) is 11.2 Å². The largest absolute Gasteiger partial charge is 0.399 e. The highest BCUT2D eigenvalue weighted by molar-refractivity contribution is 6.20. The van der Waals surface area contributed by atoms with Gasteiger partial charge in [-0.3, -0.25) is 19.5 Å². The Balaban J connectivity index is 1.12. The fraction of sp³-hybridized carbons (Fsp3) is 0.514. The molecule has 0 amide bonds. The smallest absolute Gasteiger partial charge is 0.195 e. The van der Waals surface area contributed by atoms with Crippen LogP contribution in [0.1, 0.15) is 46.6 Å². The Hall–Kier alpha value is -3.39. The fourth-order valence-electron chi connectivity index (χ4n) is 7.57. The molecule has 2 aromatic carbocycles. The average Bonchev–Trinajstić information content (AvgIpc) is 3.35. The van der Waals surface area contributed by atoms with Gasteiger partial charge in [0.05, 0.1) is 56.3 Å². The number of ether oxygens (including phenoxy) is 2. The molecule has 8 rings (SSSR count). The number of nitrogens with two attached hydrogens (primary N) is 1. The number of hydrogen-bond donors (Lipinski definition) is 2. The van der Waals surface area contributed by atoms with Gasteiger partial charge in [0.2, 0.25) is 0 Å². The predicted molar refractivity (Wildman–Crippen MR) is 173 cm³/mol. The molecule has 5 aliphatic rings. The van der Waals surface area contributed by atoms with Gasteiger partial charge in [-0.15, -0.1) is 0 Å². The van der Waals surface area contributed by atoms with Crippen LogP contribution in [0.3, 0.4) is 0 Å². The van der Waals surface area contributed by atoms with Crippen LogP contribution in [-0.2, 0) is 14.9 Å². The molecule has 1 aromatic heterocycles. The monoisotopic (exact) mass is 594 g/mol. The molecule has 44 heavy (non-hydrogen) atoms. The zero-order valence-corrected chi connectivity index (χ0v) is 25.8. The Bertz CT molecular complexity index is 1660. The maximum absolute atomic E-state index is 14.2. The number of H-pyrrole nitrogens is 1. The third kappa shape index (κ3) is 4.72. The molecule has 4 fully saturated rings. The van der Waals surface area contributed by atoms with Gasteiger partial charge in [-0.05, 0) is 29.8 Å². The lowest BCUT2D eigenvalue weighted by atomic mass is 9.70. The van der Waals surface area contributed by atoms with E-state index in [1.807, 2.05) is 18.2 Å². The SMILES string of the molecule is CC1(C)c2cc(N3CCN(C4COC4)CC3)c(C#CCN3CCN(C4COC4)CC3)cc2C(=O)c2c1[nH]c1cc(N)ccc21. The first-order valence-electron chi connectivity index (χ1n) is 16.1. The number of anilines is 2. The summed E-state index contributed by atoms with van der Waals surface area (Å²) in [7, 11) is 0. The number of nitrogens with one attached hydrogen (secondary N) is 1. The molecule has 9 nitrogen and oxygen atoms in total. The van der Waals surface area contributed by atoms with E-state index in [0.29, 0.717) is 17.8 Å². The lowest BCUT2D eigenvalue weighted by molar-refractivity contribution is -0.0760. The van der Waals surface area contributed by atoms with E-state index in [2.05, 4.69) is 62.4 Å². The van der Waals surface area contributed by atoms with Crippen LogP contribution in [0.2, 0.25) is 0 Å². The maximum Gasteiger partial charge on any atom is 0.195 e. The maximum atomic E-state index is 14.2. The van der Waals surface area contributed by atoms with Crippen molar-refractivity contribution in [3.05, 3.63) is 58.3 Å². The Labute approximate surface area is 259 Å². The molecule has 0 unspecified atom stereocenters. The standard InChI is InChI=1S/C35H42N6O3/c1-35(2)29-18-31(41-14-12-40(13-15-41)26-21-44-22-26)23(4-3-7-38-8-10-39(11-9-38)25-19-43-20-25)16-28(29)33(42)32-27-6-5-24(36)17-30(27)37-34(32)35/h5-6,16-18,25-26,37H,7-15,19-22,36H2,1-2H3. The van der Waals surface area contributed by atoms with Crippen molar-refractivity contribution in [2.45, 2.75) is 31.3 Å². The van der Waals surface area contributed by atoms with Gasteiger partial charge in [0.1, 0.15) is 0 Å². The van der Waals surface area contributed by atoms with Gasteiger partial charge in [-0.2, -0.15) is 0 Å². The molecule has 0 spiro atoms. The number of carbonyl (C=O) groups is 1. The van der Waals surface area contributed by atoms with Crippen molar-refractivity contribution >= 4 is 28.1 Å². The Morgan fingerprint density at radius 3 is 2.20 bits per heavy atom. The first-order valence-corrected chi connectivity index (χ1v) is 16.1. The Morgan fingerprint density at radius 1 is 0.909 bits per heavy atom. The van der Waals surface area contributed by atoms with E-state index in [1.54, 1.807) is 0 Å². The highest BCUT2D eigenvalue weighted by Gasteiger charge is 2.41. The molecule has 3 aromatic rings. The number of benzene rings is 2.